The molecule has 5 rings (SSSR count). The first kappa shape index (κ1) is 33.0. The summed E-state index contributed by atoms with van der Waals surface area (Å²) in [6, 6.07) is 35.1. The number of aliphatic hydroxyl groups is 1. The molecule has 0 aliphatic carbocycles. The van der Waals surface area contributed by atoms with E-state index in [1.807, 2.05) is 116 Å². The van der Waals surface area contributed by atoms with Crippen molar-refractivity contribution in [2.24, 2.45) is 0 Å². The van der Waals surface area contributed by atoms with Crippen LogP contribution in [0.3, 0.4) is 0 Å². The van der Waals surface area contributed by atoms with E-state index < -0.39 is 42.6 Å². The minimum absolute atomic E-state index is 0.138. The predicted octanol–water partition coefficient (Wildman–Crippen LogP) is 6.88. The maximum Gasteiger partial charge on any atom is 0.303 e. The van der Waals surface area contributed by atoms with Crippen molar-refractivity contribution in [2.75, 3.05) is 6.61 Å². The molecule has 1 fully saturated rings. The Morgan fingerprint density at radius 3 is 1.87 bits per heavy atom. The van der Waals surface area contributed by atoms with E-state index in [4.69, 9.17) is 23.7 Å². The number of hydrogen-bond donors (Lipinski definition) is 1. The van der Waals surface area contributed by atoms with Crippen molar-refractivity contribution in [3.05, 3.63) is 141 Å². The normalized spacial score (nSPS) is 22.1. The lowest BCUT2D eigenvalue weighted by molar-refractivity contribution is -0.278. The third-order valence-corrected chi connectivity index (χ3v) is 8.28. The number of aryl methyl sites for hydroxylation is 1. The van der Waals surface area contributed by atoms with Crippen LogP contribution in [0, 0.1) is 6.92 Å². The van der Waals surface area contributed by atoms with E-state index in [0.717, 1.165) is 32.3 Å². The van der Waals surface area contributed by atoms with Crippen molar-refractivity contribution in [2.45, 2.75) is 70.3 Å². The summed E-state index contributed by atoms with van der Waals surface area (Å²) in [5.74, 6) is -0.471. The van der Waals surface area contributed by atoms with Gasteiger partial charge in [0.15, 0.2) is 6.10 Å². The van der Waals surface area contributed by atoms with Crippen molar-refractivity contribution in [3.8, 4) is 0 Å². The highest BCUT2D eigenvalue weighted by atomic mass is 79.9. The summed E-state index contributed by atoms with van der Waals surface area (Å²) >= 11 is 3.53. The number of esters is 1. The topological polar surface area (TPSA) is 83.5 Å². The standard InChI is InChI=1S/C37H39BrO7/c1-25-20-30(38)18-19-31(25)34(44-26(2)39)37-36(43-23-29-16-10-5-11-17-29)33(40)35(42-22-28-14-8-4-9-15-28)32(45-37)24-41-21-27-12-6-3-7-13-27/h3-20,32-37,40H,21-24H2,1-2H3/t32?,33?,34-,35-,36?,37-/m1/s1. The Morgan fingerprint density at radius 2 is 1.33 bits per heavy atom. The smallest absolute Gasteiger partial charge is 0.303 e. The monoisotopic (exact) mass is 674 g/mol. The number of rotatable bonds is 13. The van der Waals surface area contributed by atoms with Gasteiger partial charge in [-0.2, -0.15) is 0 Å². The molecule has 1 heterocycles. The van der Waals surface area contributed by atoms with Crippen LogP contribution < -0.4 is 0 Å². The van der Waals surface area contributed by atoms with Crippen LogP contribution in [-0.2, 0) is 48.3 Å². The molecule has 4 aromatic carbocycles. The second-order valence-corrected chi connectivity index (χ2v) is 12.1. The molecule has 0 saturated carbocycles. The second kappa shape index (κ2) is 16.3. The summed E-state index contributed by atoms with van der Waals surface area (Å²) in [5.41, 5.74) is 4.56. The fourth-order valence-electron chi connectivity index (χ4n) is 5.58. The van der Waals surface area contributed by atoms with Gasteiger partial charge in [0, 0.05) is 11.4 Å². The molecule has 0 radical (unpaired) electrons. The Bertz CT molecular complexity index is 1480. The van der Waals surface area contributed by atoms with E-state index in [1.165, 1.54) is 6.92 Å². The quantitative estimate of drug-likeness (QED) is 0.155. The number of hydrogen-bond acceptors (Lipinski definition) is 7. The number of benzene rings is 4. The fraction of sp³-hybridized carbons (Fsp3) is 0.324. The lowest BCUT2D eigenvalue weighted by atomic mass is 9.88. The summed E-state index contributed by atoms with van der Waals surface area (Å²) in [7, 11) is 0. The number of aliphatic hydroxyl groups excluding tert-OH is 1. The fourth-order valence-corrected chi connectivity index (χ4v) is 6.06. The molecule has 3 unspecified atom stereocenters. The zero-order valence-corrected chi connectivity index (χ0v) is 27.0. The lowest BCUT2D eigenvalue weighted by Crippen LogP contribution is -2.62. The third-order valence-electron chi connectivity index (χ3n) is 7.79. The van der Waals surface area contributed by atoms with E-state index in [2.05, 4.69) is 15.9 Å². The SMILES string of the molecule is CC(=O)O[C@H](c1ccc(Br)cc1C)[C@H]1OC(COCc2ccccc2)[C@@H](OCc2ccccc2)C(O)C1OCc1ccccc1. The van der Waals surface area contributed by atoms with Gasteiger partial charge in [-0.1, -0.05) is 113 Å². The molecular weight excluding hydrogens is 636 g/mol. The van der Waals surface area contributed by atoms with Crippen LogP contribution >= 0.6 is 15.9 Å². The Kier molecular flexibility index (Phi) is 11.9. The molecule has 4 aromatic rings. The molecule has 1 aliphatic heterocycles. The molecule has 1 saturated heterocycles. The maximum atomic E-state index is 12.5. The molecular formula is C37H39BrO7. The number of carbonyl (C=O) groups is 1. The van der Waals surface area contributed by atoms with Crippen molar-refractivity contribution in [1.82, 2.24) is 0 Å². The van der Waals surface area contributed by atoms with Crippen LogP contribution in [0.5, 0.6) is 0 Å². The Labute approximate surface area is 273 Å². The van der Waals surface area contributed by atoms with Crippen LogP contribution in [-0.4, -0.2) is 48.2 Å². The average molecular weight is 676 g/mol. The number of ether oxygens (including phenoxy) is 5. The van der Waals surface area contributed by atoms with Gasteiger partial charge in [-0.15, -0.1) is 0 Å². The molecule has 1 N–H and O–H groups in total. The molecule has 6 atom stereocenters. The van der Waals surface area contributed by atoms with Crippen molar-refractivity contribution in [3.63, 3.8) is 0 Å². The minimum Gasteiger partial charge on any atom is -0.455 e. The molecule has 8 heteroatoms. The largest absolute Gasteiger partial charge is 0.455 e. The molecule has 0 aromatic heterocycles. The van der Waals surface area contributed by atoms with Crippen molar-refractivity contribution >= 4 is 21.9 Å². The Morgan fingerprint density at radius 1 is 0.800 bits per heavy atom. The van der Waals surface area contributed by atoms with Gasteiger partial charge in [0.2, 0.25) is 0 Å². The van der Waals surface area contributed by atoms with Crippen molar-refractivity contribution in [1.29, 1.82) is 0 Å². The summed E-state index contributed by atoms with van der Waals surface area (Å²) in [5, 5.41) is 12.1. The molecule has 236 valence electrons. The summed E-state index contributed by atoms with van der Waals surface area (Å²) in [4.78, 5) is 12.5. The molecule has 45 heavy (non-hydrogen) atoms. The van der Waals surface area contributed by atoms with Gasteiger partial charge >= 0.3 is 5.97 Å². The molecule has 0 amide bonds. The summed E-state index contributed by atoms with van der Waals surface area (Å²) in [6.45, 7) is 4.29. The second-order valence-electron chi connectivity index (χ2n) is 11.2. The minimum atomic E-state index is -1.13. The first-order valence-corrected chi connectivity index (χ1v) is 15.9. The highest BCUT2D eigenvalue weighted by Gasteiger charge is 2.51. The summed E-state index contributed by atoms with van der Waals surface area (Å²) < 4.78 is 32.6. The molecule has 7 nitrogen and oxygen atoms in total. The third kappa shape index (κ3) is 9.10. The van der Waals surface area contributed by atoms with E-state index in [0.29, 0.717) is 6.61 Å². The number of carbonyl (C=O) groups excluding carboxylic acids is 1. The zero-order chi connectivity index (χ0) is 31.6. The van der Waals surface area contributed by atoms with Gasteiger partial charge in [-0.25, -0.2) is 0 Å². The number of halogens is 1. The van der Waals surface area contributed by atoms with Gasteiger partial charge < -0.3 is 28.8 Å². The first-order chi connectivity index (χ1) is 21.9. The molecule has 1 aliphatic rings. The summed E-state index contributed by atoms with van der Waals surface area (Å²) in [6.07, 6.45) is -5.24. The lowest BCUT2D eigenvalue weighted by Gasteiger charge is -2.46. The van der Waals surface area contributed by atoms with Crippen LogP contribution in [0.4, 0.5) is 0 Å². The Hall–Kier alpha value is -3.37. The molecule has 0 spiro atoms. The van der Waals surface area contributed by atoms with Gasteiger partial charge in [-0.05, 0) is 46.9 Å². The van der Waals surface area contributed by atoms with Gasteiger partial charge in [0.1, 0.15) is 30.5 Å². The Balaban J connectivity index is 1.48. The van der Waals surface area contributed by atoms with Crippen LogP contribution in [0.1, 0.15) is 40.8 Å². The average Bonchev–Trinajstić information content (AvgIpc) is 3.04. The highest BCUT2D eigenvalue weighted by molar-refractivity contribution is 9.10. The van der Waals surface area contributed by atoms with E-state index in [1.54, 1.807) is 0 Å². The molecule has 0 bridgehead atoms. The predicted molar refractivity (Wildman–Crippen MR) is 174 cm³/mol. The highest BCUT2D eigenvalue weighted by Crippen LogP contribution is 2.38. The van der Waals surface area contributed by atoms with Crippen LogP contribution in [0.25, 0.3) is 0 Å². The van der Waals surface area contributed by atoms with E-state index >= 15 is 0 Å². The van der Waals surface area contributed by atoms with Crippen LogP contribution in [0.2, 0.25) is 0 Å². The van der Waals surface area contributed by atoms with Crippen LogP contribution in [0.15, 0.2) is 114 Å². The van der Waals surface area contributed by atoms with Gasteiger partial charge in [-0.3, -0.25) is 4.79 Å². The van der Waals surface area contributed by atoms with Gasteiger partial charge in [0.05, 0.1) is 26.4 Å². The van der Waals surface area contributed by atoms with E-state index in [-0.39, 0.29) is 19.8 Å². The maximum absolute atomic E-state index is 12.5. The van der Waals surface area contributed by atoms with Gasteiger partial charge in [0.25, 0.3) is 0 Å². The zero-order valence-electron chi connectivity index (χ0n) is 25.5. The first-order valence-electron chi connectivity index (χ1n) is 15.1. The van der Waals surface area contributed by atoms with E-state index in [9.17, 15) is 9.90 Å². The van der Waals surface area contributed by atoms with Crippen molar-refractivity contribution < 1.29 is 33.6 Å².